The maximum Gasteiger partial charge on any atom is 0.252 e. The number of rotatable bonds is 14. The standard InChI is InChI=1S/C34H37FN2O4S/c1-25(2)22-33(28-17-19-29(35)20-18-28)37-34(38)32-23-26(24-41-30-11-5-3-6-12-30)15-16-27(32)10-9-21-36-42(39,40)31-13-7-4-8-14-31/h3-8,11-20,23,25,33,36H,9-10,21-22,24H2,1-2H3,(H,37,38). The molecule has 0 aliphatic carbocycles. The van der Waals surface area contributed by atoms with Crippen molar-refractivity contribution >= 4 is 15.9 Å². The third-order valence-corrected chi connectivity index (χ3v) is 8.30. The first-order valence-electron chi connectivity index (χ1n) is 14.1. The number of hydrogen-bond acceptors (Lipinski definition) is 4. The number of hydrogen-bond donors (Lipinski definition) is 2. The number of sulfonamides is 1. The van der Waals surface area contributed by atoms with Gasteiger partial charge >= 0.3 is 0 Å². The topological polar surface area (TPSA) is 84.5 Å². The highest BCUT2D eigenvalue weighted by atomic mass is 32.2. The predicted octanol–water partition coefficient (Wildman–Crippen LogP) is 6.83. The Hall–Kier alpha value is -4.01. The smallest absolute Gasteiger partial charge is 0.252 e. The summed E-state index contributed by atoms with van der Waals surface area (Å²) in [6.07, 6.45) is 1.68. The van der Waals surface area contributed by atoms with Gasteiger partial charge in [0.25, 0.3) is 5.91 Å². The maximum atomic E-state index is 13.8. The maximum absolute atomic E-state index is 13.8. The van der Waals surface area contributed by atoms with E-state index in [1.807, 2.05) is 48.5 Å². The molecule has 1 amide bonds. The van der Waals surface area contributed by atoms with E-state index in [1.54, 1.807) is 42.5 Å². The molecular formula is C34H37FN2O4S. The molecule has 0 aromatic heterocycles. The Morgan fingerprint density at radius 2 is 1.55 bits per heavy atom. The van der Waals surface area contributed by atoms with E-state index in [0.29, 0.717) is 30.7 Å². The fourth-order valence-electron chi connectivity index (χ4n) is 4.68. The van der Waals surface area contributed by atoms with E-state index in [0.717, 1.165) is 22.4 Å². The van der Waals surface area contributed by atoms with Crippen molar-refractivity contribution in [2.75, 3.05) is 6.54 Å². The molecule has 0 saturated heterocycles. The minimum atomic E-state index is -3.62. The molecule has 6 nitrogen and oxygen atoms in total. The van der Waals surface area contributed by atoms with Crippen LogP contribution in [0.4, 0.5) is 4.39 Å². The Morgan fingerprint density at radius 3 is 2.21 bits per heavy atom. The van der Waals surface area contributed by atoms with E-state index in [9.17, 15) is 17.6 Å². The molecule has 2 N–H and O–H groups in total. The van der Waals surface area contributed by atoms with Crippen molar-refractivity contribution in [3.8, 4) is 5.75 Å². The van der Waals surface area contributed by atoms with Gasteiger partial charge in [0.05, 0.1) is 10.9 Å². The Bertz CT molecular complexity index is 1540. The van der Waals surface area contributed by atoms with Crippen molar-refractivity contribution in [2.45, 2.75) is 50.7 Å². The summed E-state index contributed by atoms with van der Waals surface area (Å²) >= 11 is 0. The summed E-state index contributed by atoms with van der Waals surface area (Å²) in [5, 5.41) is 3.16. The van der Waals surface area contributed by atoms with Crippen molar-refractivity contribution in [3.05, 3.63) is 131 Å². The Labute approximate surface area is 248 Å². The zero-order valence-electron chi connectivity index (χ0n) is 23.9. The summed E-state index contributed by atoms with van der Waals surface area (Å²) in [7, 11) is -3.62. The van der Waals surface area contributed by atoms with Gasteiger partial charge in [-0.2, -0.15) is 0 Å². The van der Waals surface area contributed by atoms with Crippen LogP contribution < -0.4 is 14.8 Å². The van der Waals surface area contributed by atoms with Crippen LogP contribution in [0.25, 0.3) is 0 Å². The van der Waals surface area contributed by atoms with Crippen LogP contribution in [0.15, 0.2) is 108 Å². The Kier molecular flexibility index (Phi) is 10.9. The molecule has 42 heavy (non-hydrogen) atoms. The number of carbonyl (C=O) groups excluding carboxylic acids is 1. The van der Waals surface area contributed by atoms with Crippen molar-refractivity contribution in [1.29, 1.82) is 0 Å². The quantitative estimate of drug-likeness (QED) is 0.158. The molecule has 8 heteroatoms. The molecule has 0 saturated carbocycles. The van der Waals surface area contributed by atoms with Crippen LogP contribution in [0.3, 0.4) is 0 Å². The van der Waals surface area contributed by atoms with Gasteiger partial charge in [0, 0.05) is 12.1 Å². The number of para-hydroxylation sites is 1. The number of ether oxygens (including phenoxy) is 1. The molecule has 0 aliphatic heterocycles. The molecule has 0 heterocycles. The van der Waals surface area contributed by atoms with E-state index in [4.69, 9.17) is 4.74 Å². The first-order valence-corrected chi connectivity index (χ1v) is 15.6. The minimum Gasteiger partial charge on any atom is -0.489 e. The fraction of sp³-hybridized carbons (Fsp3) is 0.265. The molecule has 4 aromatic carbocycles. The lowest BCUT2D eigenvalue weighted by atomic mass is 9.95. The monoisotopic (exact) mass is 588 g/mol. The molecule has 4 rings (SSSR count). The summed E-state index contributed by atoms with van der Waals surface area (Å²) in [5.74, 6) is 0.450. The second kappa shape index (κ2) is 14.8. The largest absolute Gasteiger partial charge is 0.489 e. The van der Waals surface area contributed by atoms with Crippen LogP contribution in [0, 0.1) is 11.7 Å². The van der Waals surface area contributed by atoms with Crippen molar-refractivity contribution < 1.29 is 22.3 Å². The highest BCUT2D eigenvalue weighted by Crippen LogP contribution is 2.24. The lowest BCUT2D eigenvalue weighted by Gasteiger charge is -2.22. The zero-order chi connectivity index (χ0) is 30.0. The number of amides is 1. The summed E-state index contributed by atoms with van der Waals surface area (Å²) in [6, 6.07) is 29.3. The van der Waals surface area contributed by atoms with Gasteiger partial charge in [-0.15, -0.1) is 0 Å². The molecule has 0 spiro atoms. The van der Waals surface area contributed by atoms with Crippen LogP contribution in [0.2, 0.25) is 0 Å². The molecule has 0 fully saturated rings. The lowest BCUT2D eigenvalue weighted by Crippen LogP contribution is -2.30. The highest BCUT2D eigenvalue weighted by Gasteiger charge is 2.20. The Morgan fingerprint density at radius 1 is 0.881 bits per heavy atom. The molecule has 4 aromatic rings. The number of carbonyl (C=O) groups is 1. The van der Waals surface area contributed by atoms with Gasteiger partial charge in [0.15, 0.2) is 0 Å². The van der Waals surface area contributed by atoms with Crippen LogP contribution in [-0.2, 0) is 23.1 Å². The highest BCUT2D eigenvalue weighted by molar-refractivity contribution is 7.89. The predicted molar refractivity (Wildman–Crippen MR) is 163 cm³/mol. The third kappa shape index (κ3) is 8.99. The number of aryl methyl sites for hydroxylation is 1. The second-order valence-corrected chi connectivity index (χ2v) is 12.4. The molecule has 0 aliphatic rings. The van der Waals surface area contributed by atoms with Crippen LogP contribution >= 0.6 is 0 Å². The third-order valence-electron chi connectivity index (χ3n) is 6.82. The SMILES string of the molecule is CC(C)CC(NC(=O)c1cc(COc2ccccc2)ccc1CCCNS(=O)(=O)c1ccccc1)c1ccc(F)cc1. The van der Waals surface area contributed by atoms with Gasteiger partial charge in [-0.25, -0.2) is 17.5 Å². The van der Waals surface area contributed by atoms with E-state index < -0.39 is 10.0 Å². The zero-order valence-corrected chi connectivity index (χ0v) is 24.7. The molecule has 0 bridgehead atoms. The van der Waals surface area contributed by atoms with Gasteiger partial charge in [-0.3, -0.25) is 4.79 Å². The summed E-state index contributed by atoms with van der Waals surface area (Å²) < 4.78 is 47.4. The molecule has 1 unspecified atom stereocenters. The summed E-state index contributed by atoms with van der Waals surface area (Å²) in [6.45, 7) is 4.66. The van der Waals surface area contributed by atoms with E-state index >= 15 is 0 Å². The van der Waals surface area contributed by atoms with Gasteiger partial charge in [-0.05, 0) is 84.3 Å². The van der Waals surface area contributed by atoms with Crippen LogP contribution in [-0.4, -0.2) is 20.9 Å². The van der Waals surface area contributed by atoms with Crippen LogP contribution in [0.1, 0.15) is 59.8 Å². The molecule has 0 radical (unpaired) electrons. The first kappa shape index (κ1) is 30.9. The van der Waals surface area contributed by atoms with Crippen molar-refractivity contribution in [3.63, 3.8) is 0 Å². The van der Waals surface area contributed by atoms with Gasteiger partial charge in [0.2, 0.25) is 10.0 Å². The van der Waals surface area contributed by atoms with Crippen molar-refractivity contribution in [1.82, 2.24) is 10.0 Å². The Balaban J connectivity index is 1.52. The van der Waals surface area contributed by atoms with Crippen LogP contribution in [0.5, 0.6) is 5.75 Å². The van der Waals surface area contributed by atoms with E-state index in [-0.39, 0.29) is 35.8 Å². The van der Waals surface area contributed by atoms with E-state index in [1.165, 1.54) is 12.1 Å². The molecular weight excluding hydrogens is 551 g/mol. The lowest BCUT2D eigenvalue weighted by molar-refractivity contribution is 0.0930. The van der Waals surface area contributed by atoms with Crippen molar-refractivity contribution in [2.24, 2.45) is 5.92 Å². The number of nitrogens with one attached hydrogen (secondary N) is 2. The summed E-state index contributed by atoms with van der Waals surface area (Å²) in [5.41, 5.74) is 2.97. The first-order chi connectivity index (χ1) is 20.2. The average molecular weight is 589 g/mol. The number of halogens is 1. The molecule has 220 valence electrons. The summed E-state index contributed by atoms with van der Waals surface area (Å²) in [4.78, 5) is 14.0. The minimum absolute atomic E-state index is 0.213. The normalized spacial score (nSPS) is 12.2. The average Bonchev–Trinajstić information content (AvgIpc) is 2.99. The van der Waals surface area contributed by atoms with Gasteiger partial charge in [0.1, 0.15) is 18.2 Å². The molecule has 1 atom stereocenters. The second-order valence-electron chi connectivity index (χ2n) is 10.6. The number of benzene rings is 4. The fourth-order valence-corrected chi connectivity index (χ4v) is 5.77. The van der Waals surface area contributed by atoms with Gasteiger partial charge < -0.3 is 10.1 Å². The van der Waals surface area contributed by atoms with E-state index in [2.05, 4.69) is 23.9 Å². The van der Waals surface area contributed by atoms with Gasteiger partial charge in [-0.1, -0.05) is 74.5 Å².